The first-order valence-corrected chi connectivity index (χ1v) is 8.75. The maximum Gasteiger partial charge on any atom is 0.410 e. The number of nitrogens with zero attached hydrogens (tertiary/aromatic N) is 1. The summed E-state index contributed by atoms with van der Waals surface area (Å²) >= 11 is 3.53. The van der Waals surface area contributed by atoms with Crippen molar-refractivity contribution in [3.05, 3.63) is 69.7 Å². The predicted octanol–water partition coefficient (Wildman–Crippen LogP) is 4.85. The van der Waals surface area contributed by atoms with Gasteiger partial charge in [0.15, 0.2) is 0 Å². The summed E-state index contributed by atoms with van der Waals surface area (Å²) in [5.41, 5.74) is 3.65. The van der Waals surface area contributed by atoms with Gasteiger partial charge >= 0.3 is 6.09 Å². The molecule has 1 fully saturated rings. The lowest BCUT2D eigenvalue weighted by Crippen LogP contribution is -2.44. The number of fused-ring (bicyclic) bond motifs is 1. The number of hydrogen-bond acceptors (Lipinski definition) is 2. The summed E-state index contributed by atoms with van der Waals surface area (Å²) < 4.78 is 6.60. The van der Waals surface area contributed by atoms with Crippen LogP contribution in [0.4, 0.5) is 4.79 Å². The molecule has 1 aliphatic carbocycles. The number of carbonyl (C=O) groups excluding carboxylic acids is 1. The normalized spacial score (nSPS) is 21.9. The molecule has 23 heavy (non-hydrogen) atoms. The first kappa shape index (κ1) is 14.8. The van der Waals surface area contributed by atoms with Crippen molar-refractivity contribution in [1.82, 2.24) is 4.90 Å². The summed E-state index contributed by atoms with van der Waals surface area (Å²) in [6, 6.07) is 16.6. The van der Waals surface area contributed by atoms with Crippen LogP contribution in [-0.2, 0) is 17.9 Å². The molecule has 0 unspecified atom stereocenters. The number of amides is 1. The van der Waals surface area contributed by atoms with Gasteiger partial charge in [0.2, 0.25) is 0 Å². The van der Waals surface area contributed by atoms with Gasteiger partial charge in [0.25, 0.3) is 0 Å². The molecule has 2 aliphatic heterocycles. The van der Waals surface area contributed by atoms with Gasteiger partial charge in [-0.15, -0.1) is 0 Å². The Hall–Kier alpha value is -1.81. The van der Waals surface area contributed by atoms with Gasteiger partial charge in [-0.05, 0) is 47.6 Å². The second kappa shape index (κ2) is 6.00. The lowest BCUT2D eigenvalue weighted by molar-refractivity contribution is 0.0576. The van der Waals surface area contributed by atoms with Crippen molar-refractivity contribution in [2.75, 3.05) is 0 Å². The lowest BCUT2D eigenvalue weighted by Gasteiger charge is -2.39. The third kappa shape index (κ3) is 2.88. The highest BCUT2D eigenvalue weighted by atomic mass is 79.9. The second-order valence-electron chi connectivity index (χ2n) is 6.33. The van der Waals surface area contributed by atoms with Gasteiger partial charge in [0.1, 0.15) is 6.61 Å². The van der Waals surface area contributed by atoms with E-state index in [2.05, 4.69) is 34.1 Å². The molecule has 0 atom stereocenters. The van der Waals surface area contributed by atoms with Crippen LogP contribution in [0.25, 0.3) is 0 Å². The number of halogens is 1. The number of rotatable bonds is 2. The van der Waals surface area contributed by atoms with Crippen molar-refractivity contribution < 1.29 is 9.53 Å². The summed E-state index contributed by atoms with van der Waals surface area (Å²) in [5, 5.41) is 0. The van der Waals surface area contributed by atoms with E-state index in [1.807, 2.05) is 35.2 Å². The van der Waals surface area contributed by atoms with Crippen LogP contribution in [0.3, 0.4) is 0 Å². The fraction of sp³-hybridized carbons (Fsp3) is 0.316. The van der Waals surface area contributed by atoms with Gasteiger partial charge in [-0.3, -0.25) is 0 Å². The van der Waals surface area contributed by atoms with Crippen molar-refractivity contribution >= 4 is 22.0 Å². The number of carbonyl (C=O) groups is 1. The van der Waals surface area contributed by atoms with Gasteiger partial charge in [-0.1, -0.05) is 52.3 Å². The molecule has 0 radical (unpaired) electrons. The molecule has 1 amide bonds. The van der Waals surface area contributed by atoms with E-state index in [4.69, 9.17) is 4.74 Å². The third-order valence-electron chi connectivity index (χ3n) is 4.88. The zero-order chi connectivity index (χ0) is 15.8. The SMILES string of the molecule is O=C(OCc1ccccc1)N1Cc2cc(Br)ccc2C2CC1C2. The molecule has 0 spiro atoms. The molecule has 2 heterocycles. The minimum Gasteiger partial charge on any atom is -0.445 e. The van der Waals surface area contributed by atoms with Crippen LogP contribution < -0.4 is 0 Å². The van der Waals surface area contributed by atoms with Crippen LogP contribution in [-0.4, -0.2) is 17.0 Å². The fourth-order valence-electron chi connectivity index (χ4n) is 3.53. The molecule has 1 saturated carbocycles. The van der Waals surface area contributed by atoms with Crippen LogP contribution in [0.2, 0.25) is 0 Å². The number of benzene rings is 2. The zero-order valence-corrected chi connectivity index (χ0v) is 14.3. The van der Waals surface area contributed by atoms with Crippen molar-refractivity contribution in [3.63, 3.8) is 0 Å². The Labute approximate surface area is 144 Å². The minimum absolute atomic E-state index is 0.204. The molecule has 0 aromatic heterocycles. The van der Waals surface area contributed by atoms with E-state index in [0.29, 0.717) is 25.1 Å². The summed E-state index contributed by atoms with van der Waals surface area (Å²) in [7, 11) is 0. The smallest absolute Gasteiger partial charge is 0.410 e. The molecule has 2 aromatic rings. The van der Waals surface area contributed by atoms with E-state index in [9.17, 15) is 4.79 Å². The topological polar surface area (TPSA) is 29.5 Å². The van der Waals surface area contributed by atoms with Crippen molar-refractivity contribution in [1.29, 1.82) is 0 Å². The number of ether oxygens (including phenoxy) is 1. The molecule has 3 aliphatic rings. The van der Waals surface area contributed by atoms with Crippen LogP contribution in [0, 0.1) is 0 Å². The minimum atomic E-state index is -0.204. The van der Waals surface area contributed by atoms with Crippen molar-refractivity contribution in [3.8, 4) is 0 Å². The van der Waals surface area contributed by atoms with Gasteiger partial charge in [0, 0.05) is 17.1 Å². The Balaban J connectivity index is 1.49. The average molecular weight is 372 g/mol. The first-order valence-electron chi connectivity index (χ1n) is 7.96. The molecule has 3 nitrogen and oxygen atoms in total. The first-order chi connectivity index (χ1) is 11.2. The molecule has 0 N–H and O–H groups in total. The fourth-order valence-corrected chi connectivity index (χ4v) is 3.94. The van der Waals surface area contributed by atoms with Gasteiger partial charge in [-0.2, -0.15) is 0 Å². The lowest BCUT2D eigenvalue weighted by atomic mass is 9.76. The highest BCUT2D eigenvalue weighted by molar-refractivity contribution is 9.10. The quantitative estimate of drug-likeness (QED) is 0.755. The largest absolute Gasteiger partial charge is 0.445 e. The number of hydrogen-bond donors (Lipinski definition) is 0. The molecular weight excluding hydrogens is 354 g/mol. The summed E-state index contributed by atoms with van der Waals surface area (Å²) in [6.45, 7) is 0.973. The van der Waals surface area contributed by atoms with Crippen molar-refractivity contribution in [2.45, 2.75) is 38.0 Å². The highest BCUT2D eigenvalue weighted by Crippen LogP contribution is 2.45. The Kier molecular flexibility index (Phi) is 3.85. The maximum absolute atomic E-state index is 12.5. The molecular formula is C19H18BrNO2. The van der Waals surface area contributed by atoms with Crippen LogP contribution in [0.15, 0.2) is 53.0 Å². The monoisotopic (exact) mass is 371 g/mol. The van der Waals surface area contributed by atoms with Crippen LogP contribution >= 0.6 is 15.9 Å². The Morgan fingerprint density at radius 3 is 2.74 bits per heavy atom. The summed E-state index contributed by atoms with van der Waals surface area (Å²) in [5.74, 6) is 0.593. The Bertz CT molecular complexity index is 725. The van der Waals surface area contributed by atoms with Crippen LogP contribution in [0.1, 0.15) is 35.4 Å². The van der Waals surface area contributed by atoms with Gasteiger partial charge in [-0.25, -0.2) is 4.79 Å². The Morgan fingerprint density at radius 1 is 1.17 bits per heavy atom. The standard InChI is InChI=1S/C19H18BrNO2/c20-16-6-7-18-14-9-17(10-14)21(11-15(18)8-16)19(22)23-12-13-4-2-1-3-5-13/h1-8,14,17H,9-12H2. The molecule has 2 bridgehead atoms. The van der Waals surface area contributed by atoms with Crippen molar-refractivity contribution in [2.24, 2.45) is 0 Å². The van der Waals surface area contributed by atoms with E-state index in [-0.39, 0.29) is 6.09 Å². The van der Waals surface area contributed by atoms with E-state index in [1.54, 1.807) is 0 Å². The van der Waals surface area contributed by atoms with Gasteiger partial charge in [0.05, 0.1) is 0 Å². The molecule has 5 rings (SSSR count). The second-order valence-corrected chi connectivity index (χ2v) is 7.25. The van der Waals surface area contributed by atoms with Crippen LogP contribution in [0.5, 0.6) is 0 Å². The maximum atomic E-state index is 12.5. The van der Waals surface area contributed by atoms with E-state index in [1.165, 1.54) is 11.1 Å². The molecule has 0 saturated heterocycles. The van der Waals surface area contributed by atoms with E-state index < -0.39 is 0 Å². The zero-order valence-electron chi connectivity index (χ0n) is 12.7. The third-order valence-corrected chi connectivity index (χ3v) is 5.37. The van der Waals surface area contributed by atoms with E-state index in [0.717, 1.165) is 22.9 Å². The summed E-state index contributed by atoms with van der Waals surface area (Å²) in [6.07, 6.45) is 1.90. The van der Waals surface area contributed by atoms with Gasteiger partial charge < -0.3 is 9.64 Å². The molecule has 118 valence electrons. The average Bonchev–Trinajstić information content (AvgIpc) is 2.78. The predicted molar refractivity (Wildman–Crippen MR) is 92.1 cm³/mol. The van der Waals surface area contributed by atoms with E-state index >= 15 is 0 Å². The molecule has 2 aromatic carbocycles. The molecule has 4 heteroatoms. The summed E-state index contributed by atoms with van der Waals surface area (Å²) in [4.78, 5) is 14.4. The Morgan fingerprint density at radius 2 is 1.96 bits per heavy atom. The highest BCUT2D eigenvalue weighted by Gasteiger charge is 2.41.